The Bertz CT molecular complexity index is 852. The Morgan fingerprint density at radius 2 is 0.833 bits per heavy atom. The van der Waals surface area contributed by atoms with Gasteiger partial charge in [0.1, 0.15) is 11.5 Å². The fourth-order valence-corrected chi connectivity index (χ4v) is 2.13. The van der Waals surface area contributed by atoms with E-state index in [2.05, 4.69) is 9.47 Å². The van der Waals surface area contributed by atoms with Crippen molar-refractivity contribution in [2.75, 3.05) is 24.7 Å². The third kappa shape index (κ3) is 5.35. The molecule has 36 heavy (non-hydrogen) atoms. The van der Waals surface area contributed by atoms with Crippen LogP contribution in [0.5, 0.6) is 11.5 Å². The van der Waals surface area contributed by atoms with E-state index in [1.54, 1.807) is 0 Å². The number of hydrogen-bond acceptors (Lipinski definition) is 4. The number of ether oxygens (including phenoxy) is 2. The number of nitrogen functional groups attached to an aromatic ring is 2. The van der Waals surface area contributed by atoms with Crippen molar-refractivity contribution < 1.29 is 79.7 Å². The van der Waals surface area contributed by atoms with E-state index in [-0.39, 0.29) is 6.07 Å². The third-order valence-electron chi connectivity index (χ3n) is 4.26. The van der Waals surface area contributed by atoms with Gasteiger partial charge in [0.2, 0.25) is 0 Å². The molecule has 0 atom stereocenters. The van der Waals surface area contributed by atoms with E-state index in [1.807, 2.05) is 0 Å². The second-order valence-corrected chi connectivity index (χ2v) is 6.91. The van der Waals surface area contributed by atoms with Gasteiger partial charge in [0.25, 0.3) is 0 Å². The topological polar surface area (TPSA) is 70.5 Å². The Labute approximate surface area is 189 Å². The highest BCUT2D eigenvalue weighted by atomic mass is 19.4. The summed E-state index contributed by atoms with van der Waals surface area (Å²) in [6.07, 6.45) is -10.5. The molecule has 0 spiro atoms. The molecule has 210 valence electrons. The molecule has 0 aliphatic heterocycles. The Morgan fingerprint density at radius 1 is 0.556 bits per heavy atom. The SMILES string of the molecule is Nc1cc(N)c(OCC(F)(F)C(F)(F)C(F)(F)C(F)F)cc1OCC(F)(F)C(F)(F)C(F)(F)C(F)F. The van der Waals surface area contributed by atoms with Crippen molar-refractivity contribution in [3.05, 3.63) is 12.1 Å². The quantitative estimate of drug-likeness (QED) is 0.242. The van der Waals surface area contributed by atoms with Crippen molar-refractivity contribution in [3.8, 4) is 11.5 Å². The second-order valence-electron chi connectivity index (χ2n) is 6.91. The molecule has 4 N–H and O–H groups in total. The zero-order valence-electron chi connectivity index (χ0n) is 16.7. The molecule has 0 amide bonds. The lowest BCUT2D eigenvalue weighted by molar-refractivity contribution is -0.342. The summed E-state index contributed by atoms with van der Waals surface area (Å²) < 4.78 is 215. The number of benzene rings is 1. The second kappa shape index (κ2) is 9.64. The van der Waals surface area contributed by atoms with Gasteiger partial charge in [0, 0.05) is 6.07 Å². The Kier molecular flexibility index (Phi) is 8.39. The van der Waals surface area contributed by atoms with Crippen LogP contribution in [0.3, 0.4) is 0 Å². The zero-order chi connectivity index (χ0) is 28.7. The maximum absolute atomic E-state index is 13.6. The number of anilines is 2. The smallest absolute Gasteiger partial charge is 0.381 e. The lowest BCUT2D eigenvalue weighted by atomic mass is 10.1. The maximum Gasteiger partial charge on any atom is 0.381 e. The normalized spacial score (nSPS) is 14.5. The van der Waals surface area contributed by atoms with Crippen molar-refractivity contribution in [3.63, 3.8) is 0 Å². The van der Waals surface area contributed by atoms with Crippen LogP contribution in [0.1, 0.15) is 0 Å². The van der Waals surface area contributed by atoms with Crippen molar-refractivity contribution in [1.82, 2.24) is 0 Å². The number of rotatable bonds is 12. The van der Waals surface area contributed by atoms with E-state index in [0.717, 1.165) is 0 Å². The summed E-state index contributed by atoms with van der Waals surface area (Å²) in [7, 11) is 0. The molecule has 0 aliphatic rings. The third-order valence-corrected chi connectivity index (χ3v) is 4.26. The minimum absolute atomic E-state index is 0.0453. The summed E-state index contributed by atoms with van der Waals surface area (Å²) >= 11 is 0. The van der Waals surface area contributed by atoms with Crippen LogP contribution in [-0.4, -0.2) is 61.6 Å². The van der Waals surface area contributed by atoms with E-state index in [0.29, 0.717) is 6.07 Å². The fourth-order valence-electron chi connectivity index (χ4n) is 2.13. The summed E-state index contributed by atoms with van der Waals surface area (Å²) in [5.41, 5.74) is 8.53. The molecule has 0 heterocycles. The summed E-state index contributed by atoms with van der Waals surface area (Å²) in [6, 6.07) is 0.405. The maximum atomic E-state index is 13.6. The zero-order valence-corrected chi connectivity index (χ0v) is 16.7. The van der Waals surface area contributed by atoms with E-state index in [4.69, 9.17) is 11.5 Å². The highest BCUT2D eigenvalue weighted by Crippen LogP contribution is 2.50. The van der Waals surface area contributed by atoms with Gasteiger partial charge in [-0.1, -0.05) is 0 Å². The van der Waals surface area contributed by atoms with Crippen LogP contribution >= 0.6 is 0 Å². The fraction of sp³-hybridized carbons (Fsp3) is 0.625. The van der Waals surface area contributed by atoms with Crippen LogP contribution in [0, 0.1) is 0 Å². The number of halogens is 16. The van der Waals surface area contributed by atoms with E-state index in [9.17, 15) is 70.2 Å². The van der Waals surface area contributed by atoms with Gasteiger partial charge in [-0.2, -0.15) is 52.7 Å². The Hall–Kier alpha value is -2.70. The predicted octanol–water partition coefficient (Wildman–Crippen LogP) is 5.95. The first-order valence-electron chi connectivity index (χ1n) is 8.64. The monoisotopic (exact) mass is 568 g/mol. The molecule has 0 unspecified atom stereocenters. The van der Waals surface area contributed by atoms with Gasteiger partial charge in [-0.3, -0.25) is 0 Å². The molecule has 1 aromatic rings. The summed E-state index contributed by atoms with van der Waals surface area (Å²) in [6.45, 7) is -5.60. The predicted molar refractivity (Wildman–Crippen MR) is 87.9 cm³/mol. The first-order valence-corrected chi connectivity index (χ1v) is 8.64. The molecular formula is C16H12F16N2O2. The van der Waals surface area contributed by atoms with Crippen LogP contribution in [0.4, 0.5) is 81.6 Å². The van der Waals surface area contributed by atoms with Crippen molar-refractivity contribution in [1.29, 1.82) is 0 Å². The van der Waals surface area contributed by atoms with Crippen LogP contribution in [0.2, 0.25) is 0 Å². The first-order chi connectivity index (χ1) is 15.9. The molecule has 0 fully saturated rings. The van der Waals surface area contributed by atoms with E-state index in [1.165, 1.54) is 0 Å². The van der Waals surface area contributed by atoms with Crippen LogP contribution in [-0.2, 0) is 0 Å². The van der Waals surface area contributed by atoms with E-state index >= 15 is 0 Å². The van der Waals surface area contributed by atoms with Gasteiger partial charge >= 0.3 is 48.4 Å². The van der Waals surface area contributed by atoms with Gasteiger partial charge in [-0.15, -0.1) is 0 Å². The van der Waals surface area contributed by atoms with Gasteiger partial charge < -0.3 is 20.9 Å². The van der Waals surface area contributed by atoms with Crippen molar-refractivity contribution >= 4 is 11.4 Å². The largest absolute Gasteiger partial charge is 0.485 e. The Morgan fingerprint density at radius 3 is 1.08 bits per heavy atom. The molecule has 1 rings (SSSR count). The molecule has 0 bridgehead atoms. The standard InChI is InChI=1S/C16H12F16N2O2/c17-9(18)13(25,26)15(29,30)11(21,22)3-35-7-2-8(6(34)1-5(7)33)36-4-12(23,24)16(31,32)14(27,28)10(19)20/h1-2,9-10H,3-4,33-34H2. The minimum Gasteiger partial charge on any atom is -0.485 e. The highest BCUT2D eigenvalue weighted by molar-refractivity contribution is 5.67. The van der Waals surface area contributed by atoms with Crippen molar-refractivity contribution in [2.24, 2.45) is 0 Å². The number of hydrogen-bond donors (Lipinski definition) is 2. The summed E-state index contributed by atoms with van der Waals surface area (Å²) in [5.74, 6) is -41.2. The highest BCUT2D eigenvalue weighted by Gasteiger charge is 2.76. The molecule has 0 aromatic heterocycles. The lowest BCUT2D eigenvalue weighted by Gasteiger charge is -2.32. The lowest BCUT2D eigenvalue weighted by Crippen LogP contribution is -2.59. The number of nitrogens with two attached hydrogens (primary N) is 2. The average Bonchev–Trinajstić information content (AvgIpc) is 2.71. The van der Waals surface area contributed by atoms with Crippen LogP contribution < -0.4 is 20.9 Å². The molecule has 1 aromatic carbocycles. The molecule has 20 heteroatoms. The summed E-state index contributed by atoms with van der Waals surface area (Å²) in [5, 5.41) is 0. The van der Waals surface area contributed by atoms with Crippen LogP contribution in [0.25, 0.3) is 0 Å². The Balaban J connectivity index is 3.17. The van der Waals surface area contributed by atoms with Gasteiger partial charge in [0.15, 0.2) is 13.2 Å². The molecule has 0 aliphatic carbocycles. The van der Waals surface area contributed by atoms with Gasteiger partial charge in [0.05, 0.1) is 11.4 Å². The molecule has 0 saturated carbocycles. The summed E-state index contributed by atoms with van der Waals surface area (Å²) in [4.78, 5) is 0. The molecular weight excluding hydrogens is 556 g/mol. The molecule has 0 radical (unpaired) electrons. The van der Waals surface area contributed by atoms with E-state index < -0.39 is 84.5 Å². The van der Waals surface area contributed by atoms with Crippen molar-refractivity contribution in [2.45, 2.75) is 48.4 Å². The van der Waals surface area contributed by atoms with Gasteiger partial charge in [-0.25, -0.2) is 17.6 Å². The minimum atomic E-state index is -6.71. The average molecular weight is 568 g/mol. The molecule has 4 nitrogen and oxygen atoms in total. The first kappa shape index (κ1) is 31.3. The number of alkyl halides is 16. The van der Waals surface area contributed by atoms with Crippen LogP contribution in [0.15, 0.2) is 12.1 Å². The molecule has 0 saturated heterocycles. The van der Waals surface area contributed by atoms with Gasteiger partial charge in [-0.05, 0) is 6.07 Å².